The topological polar surface area (TPSA) is 104 Å². The number of fused-ring (bicyclic) bond motifs is 1. The Hall–Kier alpha value is -0.960. The van der Waals surface area contributed by atoms with Crippen molar-refractivity contribution in [3.8, 4) is 0 Å². The average Bonchev–Trinajstić information content (AvgIpc) is 2.50. The Morgan fingerprint density at radius 3 is 2.58 bits per heavy atom. The molecule has 0 spiro atoms. The lowest BCUT2D eigenvalue weighted by atomic mass is 10.1. The third-order valence-corrected chi connectivity index (χ3v) is 6.61. The number of benzene rings is 1. The first-order chi connectivity index (χ1) is 8.69. The first-order valence-electron chi connectivity index (χ1n) is 5.60. The molecule has 0 aliphatic carbocycles. The Labute approximate surface area is 112 Å². The van der Waals surface area contributed by atoms with Gasteiger partial charge < -0.3 is 4.74 Å². The molecule has 6 nitrogen and oxygen atoms in total. The van der Waals surface area contributed by atoms with E-state index in [0.29, 0.717) is 12.0 Å². The molecule has 1 aliphatic heterocycles. The summed E-state index contributed by atoms with van der Waals surface area (Å²) in [5, 5.41) is 4.54. The summed E-state index contributed by atoms with van der Waals surface area (Å²) < 4.78 is 52.9. The molecule has 0 fully saturated rings. The second-order valence-corrected chi connectivity index (χ2v) is 8.38. The van der Waals surface area contributed by atoms with Crippen LogP contribution in [-0.4, -0.2) is 29.2 Å². The van der Waals surface area contributed by atoms with Gasteiger partial charge >= 0.3 is 0 Å². The molecule has 1 aromatic carbocycles. The predicted octanol–water partition coefficient (Wildman–Crippen LogP) is 0.199. The van der Waals surface area contributed by atoms with Gasteiger partial charge in [-0.05, 0) is 24.5 Å². The Bertz CT molecular complexity index is 722. The first kappa shape index (κ1) is 14.4. The predicted molar refractivity (Wildman–Crippen MR) is 68.9 cm³/mol. The van der Waals surface area contributed by atoms with Gasteiger partial charge in [0.05, 0.1) is 16.8 Å². The van der Waals surface area contributed by atoms with Crippen molar-refractivity contribution < 1.29 is 21.6 Å². The lowest BCUT2D eigenvalue weighted by Crippen LogP contribution is -2.20. The van der Waals surface area contributed by atoms with Crippen LogP contribution in [-0.2, 0) is 37.6 Å². The van der Waals surface area contributed by atoms with Crippen LogP contribution < -0.4 is 5.14 Å². The number of hydrogen-bond acceptors (Lipinski definition) is 5. The van der Waals surface area contributed by atoms with Crippen molar-refractivity contribution in [3.63, 3.8) is 0 Å². The molecule has 0 radical (unpaired) electrons. The maximum atomic E-state index is 12.2. The summed E-state index contributed by atoms with van der Waals surface area (Å²) >= 11 is 0. The summed E-state index contributed by atoms with van der Waals surface area (Å²) in [5.74, 6) is 0. The van der Waals surface area contributed by atoms with Crippen molar-refractivity contribution in [2.75, 3.05) is 7.11 Å². The number of sulfone groups is 1. The van der Waals surface area contributed by atoms with E-state index in [1.165, 1.54) is 7.11 Å². The normalized spacial score (nSPS) is 21.3. The molecule has 106 valence electrons. The molecule has 0 bridgehead atoms. The molecule has 2 N–H and O–H groups in total. The fourth-order valence-electron chi connectivity index (χ4n) is 2.32. The Morgan fingerprint density at radius 2 is 2.05 bits per heavy atom. The fraction of sp³-hybridized carbons (Fsp3) is 0.455. The molecule has 1 heterocycles. The van der Waals surface area contributed by atoms with Crippen molar-refractivity contribution in [2.45, 2.75) is 35.0 Å². The lowest BCUT2D eigenvalue weighted by Gasteiger charge is -2.12. The van der Waals surface area contributed by atoms with Crippen molar-refractivity contribution in [1.29, 1.82) is 0 Å². The van der Waals surface area contributed by atoms with Crippen LogP contribution in [0.15, 0.2) is 21.9 Å². The summed E-state index contributed by atoms with van der Waals surface area (Å²) in [6.07, 6.45) is 0.299. The Morgan fingerprint density at radius 1 is 1.42 bits per heavy atom. The third kappa shape index (κ3) is 2.29. The van der Waals surface area contributed by atoms with Gasteiger partial charge in [0.2, 0.25) is 10.0 Å². The minimum Gasteiger partial charge on any atom is -0.380 e. The number of sulfonamides is 1. The van der Waals surface area contributed by atoms with E-state index < -0.39 is 25.1 Å². The first-order valence-corrected chi connectivity index (χ1v) is 8.69. The second-order valence-electron chi connectivity index (χ2n) is 4.58. The number of hydrogen-bond donors (Lipinski definition) is 1. The fourth-order valence-corrected chi connectivity index (χ4v) is 5.61. The third-order valence-electron chi connectivity index (χ3n) is 3.18. The monoisotopic (exact) mass is 305 g/mol. The highest BCUT2D eigenvalue weighted by molar-refractivity contribution is 7.94. The molecule has 8 heteroatoms. The summed E-state index contributed by atoms with van der Waals surface area (Å²) in [5.41, 5.74) is 0.762. The number of rotatable bonds is 3. The Balaban J connectivity index is 2.87. The minimum atomic E-state index is -4.13. The van der Waals surface area contributed by atoms with Gasteiger partial charge in [-0.15, -0.1) is 0 Å². The molecule has 0 saturated carbocycles. The highest BCUT2D eigenvalue weighted by Gasteiger charge is 2.39. The number of ether oxygens (including phenoxy) is 1. The summed E-state index contributed by atoms with van der Waals surface area (Å²) in [4.78, 5) is -0.478. The molecule has 1 atom stereocenters. The van der Waals surface area contributed by atoms with Crippen LogP contribution in [0.25, 0.3) is 0 Å². The molecule has 0 amide bonds. The van der Waals surface area contributed by atoms with Crippen LogP contribution in [0.1, 0.15) is 18.1 Å². The zero-order chi connectivity index (χ0) is 14.4. The van der Waals surface area contributed by atoms with Crippen LogP contribution in [0.2, 0.25) is 0 Å². The molecular formula is C11H15NO5S2. The van der Waals surface area contributed by atoms with Crippen LogP contribution in [0.3, 0.4) is 0 Å². The van der Waals surface area contributed by atoms with E-state index in [1.807, 2.05) is 0 Å². The van der Waals surface area contributed by atoms with Crippen LogP contribution in [0.4, 0.5) is 0 Å². The summed E-state index contributed by atoms with van der Waals surface area (Å²) in [6.45, 7) is 1.54. The van der Waals surface area contributed by atoms with Crippen molar-refractivity contribution >= 4 is 19.9 Å². The van der Waals surface area contributed by atoms with Crippen molar-refractivity contribution in [2.24, 2.45) is 5.14 Å². The molecule has 1 aromatic rings. The second kappa shape index (κ2) is 4.55. The average molecular weight is 305 g/mol. The van der Waals surface area contributed by atoms with E-state index in [1.54, 1.807) is 19.1 Å². The lowest BCUT2D eigenvalue weighted by molar-refractivity contribution is 0.182. The van der Waals surface area contributed by atoms with E-state index in [-0.39, 0.29) is 22.0 Å². The van der Waals surface area contributed by atoms with Gasteiger partial charge in [-0.1, -0.05) is 12.1 Å². The molecular weight excluding hydrogens is 290 g/mol. The van der Waals surface area contributed by atoms with Gasteiger partial charge in [0.15, 0.2) is 9.84 Å². The maximum Gasteiger partial charge on any atom is 0.239 e. The van der Waals surface area contributed by atoms with E-state index in [0.717, 1.165) is 0 Å². The smallest absolute Gasteiger partial charge is 0.239 e. The summed E-state index contributed by atoms with van der Waals surface area (Å²) in [7, 11) is -6.39. The van der Waals surface area contributed by atoms with Crippen molar-refractivity contribution in [3.05, 3.63) is 23.3 Å². The van der Waals surface area contributed by atoms with Crippen LogP contribution in [0.5, 0.6) is 0 Å². The molecule has 1 aliphatic rings. The number of primary sulfonamides is 1. The summed E-state index contributed by atoms with van der Waals surface area (Å²) in [6, 6.07) is 3.18. The van der Waals surface area contributed by atoms with Crippen LogP contribution >= 0.6 is 0 Å². The molecule has 19 heavy (non-hydrogen) atoms. The quantitative estimate of drug-likeness (QED) is 0.859. The van der Waals surface area contributed by atoms with Gasteiger partial charge in [0.25, 0.3) is 0 Å². The van der Waals surface area contributed by atoms with Gasteiger partial charge in [-0.2, -0.15) is 0 Å². The standard InChI is InChI=1S/C11H15NO5S2/c1-7-5-8-3-4-9(6-17-2)11(19(12,15)16)10(8)18(7,13)14/h3-4,7H,5-6H2,1-2H3,(H2,12,15,16). The van der Waals surface area contributed by atoms with Crippen molar-refractivity contribution in [1.82, 2.24) is 0 Å². The SMILES string of the molecule is COCc1ccc2c(c1S(N)(=O)=O)S(=O)(=O)C(C)C2. The van der Waals surface area contributed by atoms with Gasteiger partial charge in [0, 0.05) is 7.11 Å². The molecule has 0 aromatic heterocycles. The molecule has 2 rings (SSSR count). The Kier molecular flexibility index (Phi) is 3.46. The minimum absolute atomic E-state index is 0.0110. The van der Waals surface area contributed by atoms with Crippen LogP contribution in [0, 0.1) is 0 Å². The zero-order valence-corrected chi connectivity index (χ0v) is 12.2. The van der Waals surface area contributed by atoms with E-state index in [9.17, 15) is 16.8 Å². The van der Waals surface area contributed by atoms with Gasteiger partial charge in [0.1, 0.15) is 4.90 Å². The molecule has 1 unspecified atom stereocenters. The highest BCUT2D eigenvalue weighted by Crippen LogP contribution is 2.37. The highest BCUT2D eigenvalue weighted by atomic mass is 32.2. The largest absolute Gasteiger partial charge is 0.380 e. The van der Waals surface area contributed by atoms with E-state index in [2.05, 4.69) is 0 Å². The van der Waals surface area contributed by atoms with Gasteiger partial charge in [-0.3, -0.25) is 0 Å². The zero-order valence-electron chi connectivity index (χ0n) is 10.6. The van der Waals surface area contributed by atoms with E-state index >= 15 is 0 Å². The van der Waals surface area contributed by atoms with E-state index in [4.69, 9.17) is 9.88 Å². The van der Waals surface area contributed by atoms with Gasteiger partial charge in [-0.25, -0.2) is 22.0 Å². The molecule has 0 saturated heterocycles. The number of nitrogens with two attached hydrogens (primary N) is 1. The number of methoxy groups -OCH3 is 1. The maximum absolute atomic E-state index is 12.2.